The molecule has 0 bridgehead atoms. The molecule has 0 aliphatic carbocycles. The van der Waals surface area contributed by atoms with Crippen molar-refractivity contribution in [3.63, 3.8) is 0 Å². The normalized spacial score (nSPS) is 24.6. The van der Waals surface area contributed by atoms with E-state index in [-0.39, 0.29) is 5.91 Å². The Bertz CT molecular complexity index is 266. The van der Waals surface area contributed by atoms with Crippen LogP contribution in [0.2, 0.25) is 0 Å². The fourth-order valence-corrected chi connectivity index (χ4v) is 2.64. The zero-order valence-corrected chi connectivity index (χ0v) is 12.2. The third-order valence-corrected chi connectivity index (χ3v) is 3.91. The SMILES string of the molecule is CCCC(C)(N)C(=O)NCCN1CCCCC1C. The van der Waals surface area contributed by atoms with Gasteiger partial charge in [-0.3, -0.25) is 9.69 Å². The average molecular weight is 255 g/mol. The molecule has 4 heteroatoms. The van der Waals surface area contributed by atoms with Gasteiger partial charge in [-0.2, -0.15) is 0 Å². The summed E-state index contributed by atoms with van der Waals surface area (Å²) >= 11 is 0. The monoisotopic (exact) mass is 255 g/mol. The molecule has 2 unspecified atom stereocenters. The van der Waals surface area contributed by atoms with Crippen LogP contribution in [-0.4, -0.2) is 42.0 Å². The number of hydrogen-bond acceptors (Lipinski definition) is 3. The molecule has 0 spiro atoms. The Labute approximate surface area is 111 Å². The van der Waals surface area contributed by atoms with E-state index in [1.165, 1.54) is 19.3 Å². The quantitative estimate of drug-likeness (QED) is 0.756. The lowest BCUT2D eigenvalue weighted by Gasteiger charge is -2.33. The molecule has 0 aromatic carbocycles. The highest BCUT2D eigenvalue weighted by Crippen LogP contribution is 2.15. The minimum atomic E-state index is -0.720. The predicted molar refractivity (Wildman–Crippen MR) is 75.4 cm³/mol. The Hall–Kier alpha value is -0.610. The fourth-order valence-electron chi connectivity index (χ4n) is 2.64. The minimum absolute atomic E-state index is 0.0194. The number of likely N-dealkylation sites (tertiary alicyclic amines) is 1. The van der Waals surface area contributed by atoms with Crippen LogP contribution in [0.5, 0.6) is 0 Å². The molecule has 1 fully saturated rings. The van der Waals surface area contributed by atoms with Gasteiger partial charge in [0.1, 0.15) is 0 Å². The van der Waals surface area contributed by atoms with Crippen LogP contribution < -0.4 is 11.1 Å². The van der Waals surface area contributed by atoms with Crippen molar-refractivity contribution in [1.29, 1.82) is 0 Å². The highest BCUT2D eigenvalue weighted by molar-refractivity contribution is 5.85. The summed E-state index contributed by atoms with van der Waals surface area (Å²) in [6.07, 6.45) is 5.56. The van der Waals surface area contributed by atoms with Gasteiger partial charge >= 0.3 is 0 Å². The maximum Gasteiger partial charge on any atom is 0.239 e. The summed E-state index contributed by atoms with van der Waals surface area (Å²) in [7, 11) is 0. The highest BCUT2D eigenvalue weighted by atomic mass is 16.2. The number of nitrogens with one attached hydrogen (secondary N) is 1. The van der Waals surface area contributed by atoms with Gasteiger partial charge < -0.3 is 11.1 Å². The molecule has 106 valence electrons. The lowest BCUT2D eigenvalue weighted by atomic mass is 9.96. The molecule has 0 radical (unpaired) electrons. The second-order valence-electron chi connectivity index (χ2n) is 5.80. The molecule has 0 aromatic rings. The van der Waals surface area contributed by atoms with Crippen molar-refractivity contribution in [2.45, 2.75) is 64.5 Å². The summed E-state index contributed by atoms with van der Waals surface area (Å²) in [5.74, 6) is -0.0194. The highest BCUT2D eigenvalue weighted by Gasteiger charge is 2.27. The van der Waals surface area contributed by atoms with Crippen LogP contribution in [0, 0.1) is 0 Å². The van der Waals surface area contributed by atoms with Crippen molar-refractivity contribution in [1.82, 2.24) is 10.2 Å². The van der Waals surface area contributed by atoms with Gasteiger partial charge in [0.15, 0.2) is 0 Å². The molecule has 4 nitrogen and oxygen atoms in total. The van der Waals surface area contributed by atoms with Crippen molar-refractivity contribution < 1.29 is 4.79 Å². The van der Waals surface area contributed by atoms with Crippen LogP contribution >= 0.6 is 0 Å². The van der Waals surface area contributed by atoms with Crippen LogP contribution in [0.3, 0.4) is 0 Å². The number of nitrogens with two attached hydrogens (primary N) is 1. The lowest BCUT2D eigenvalue weighted by molar-refractivity contribution is -0.126. The van der Waals surface area contributed by atoms with Gasteiger partial charge in [-0.25, -0.2) is 0 Å². The molecule has 18 heavy (non-hydrogen) atoms. The summed E-state index contributed by atoms with van der Waals surface area (Å²) in [4.78, 5) is 14.4. The van der Waals surface area contributed by atoms with Gasteiger partial charge in [0.2, 0.25) is 5.91 Å². The van der Waals surface area contributed by atoms with Crippen molar-refractivity contribution in [3.05, 3.63) is 0 Å². The molecule has 1 heterocycles. The Balaban J connectivity index is 2.26. The van der Waals surface area contributed by atoms with Crippen LogP contribution in [0.1, 0.15) is 52.9 Å². The van der Waals surface area contributed by atoms with Gasteiger partial charge in [0.25, 0.3) is 0 Å². The number of rotatable bonds is 6. The van der Waals surface area contributed by atoms with Crippen molar-refractivity contribution >= 4 is 5.91 Å². The standard InChI is InChI=1S/C14H29N3O/c1-4-8-14(3,15)13(18)16-9-11-17-10-6-5-7-12(17)2/h12H,4-11,15H2,1-3H3,(H,16,18). The Kier molecular flexibility index (Phi) is 6.09. The van der Waals surface area contributed by atoms with Gasteiger partial charge in [0.05, 0.1) is 5.54 Å². The van der Waals surface area contributed by atoms with Gasteiger partial charge in [-0.1, -0.05) is 19.8 Å². The molecule has 1 aliphatic heterocycles. The summed E-state index contributed by atoms with van der Waals surface area (Å²) in [6, 6.07) is 0.649. The van der Waals surface area contributed by atoms with Crippen molar-refractivity contribution in [3.8, 4) is 0 Å². The maximum absolute atomic E-state index is 11.9. The third-order valence-electron chi connectivity index (χ3n) is 3.91. The van der Waals surface area contributed by atoms with Crippen molar-refractivity contribution in [2.24, 2.45) is 5.73 Å². The summed E-state index contributed by atoms with van der Waals surface area (Å²) in [6.45, 7) is 8.94. The number of carbonyl (C=O) groups excluding carboxylic acids is 1. The number of piperidine rings is 1. The summed E-state index contributed by atoms with van der Waals surface area (Å²) < 4.78 is 0. The summed E-state index contributed by atoms with van der Waals surface area (Å²) in [5.41, 5.74) is 5.27. The maximum atomic E-state index is 11.9. The molecule has 1 rings (SSSR count). The van der Waals surface area contributed by atoms with Crippen molar-refractivity contribution in [2.75, 3.05) is 19.6 Å². The predicted octanol–water partition coefficient (Wildman–Crippen LogP) is 1.49. The van der Waals surface area contributed by atoms with E-state index in [1.807, 2.05) is 13.8 Å². The molecule has 1 amide bonds. The Morgan fingerprint density at radius 3 is 2.83 bits per heavy atom. The lowest BCUT2D eigenvalue weighted by Crippen LogP contribution is -2.53. The largest absolute Gasteiger partial charge is 0.353 e. The minimum Gasteiger partial charge on any atom is -0.353 e. The van der Waals surface area contributed by atoms with E-state index in [4.69, 9.17) is 5.73 Å². The first-order chi connectivity index (χ1) is 8.47. The smallest absolute Gasteiger partial charge is 0.239 e. The van der Waals surface area contributed by atoms with E-state index in [0.717, 1.165) is 25.9 Å². The van der Waals surface area contributed by atoms with E-state index in [9.17, 15) is 4.79 Å². The molecule has 3 N–H and O–H groups in total. The average Bonchev–Trinajstić information content (AvgIpc) is 2.31. The first kappa shape index (κ1) is 15.4. The Morgan fingerprint density at radius 2 is 2.22 bits per heavy atom. The van der Waals surface area contributed by atoms with E-state index < -0.39 is 5.54 Å². The molecular formula is C14H29N3O. The molecule has 1 saturated heterocycles. The van der Waals surface area contributed by atoms with Gasteiger partial charge in [-0.15, -0.1) is 0 Å². The van der Waals surface area contributed by atoms with E-state index in [2.05, 4.69) is 17.1 Å². The Morgan fingerprint density at radius 1 is 1.50 bits per heavy atom. The first-order valence-corrected chi connectivity index (χ1v) is 7.28. The molecular weight excluding hydrogens is 226 g/mol. The van der Waals surface area contributed by atoms with E-state index in [0.29, 0.717) is 12.6 Å². The number of hydrogen-bond donors (Lipinski definition) is 2. The van der Waals surface area contributed by atoms with E-state index >= 15 is 0 Å². The molecule has 0 saturated carbocycles. The second kappa shape index (κ2) is 7.10. The van der Waals surface area contributed by atoms with Crippen LogP contribution in [0.15, 0.2) is 0 Å². The summed E-state index contributed by atoms with van der Waals surface area (Å²) in [5, 5.41) is 2.97. The molecule has 0 aromatic heterocycles. The van der Waals surface area contributed by atoms with Crippen LogP contribution in [0.4, 0.5) is 0 Å². The zero-order valence-electron chi connectivity index (χ0n) is 12.2. The topological polar surface area (TPSA) is 58.4 Å². The van der Waals surface area contributed by atoms with Crippen LogP contribution in [-0.2, 0) is 4.79 Å². The van der Waals surface area contributed by atoms with Gasteiger partial charge in [0, 0.05) is 19.1 Å². The number of amides is 1. The zero-order chi connectivity index (χ0) is 13.6. The molecule has 2 atom stereocenters. The first-order valence-electron chi connectivity index (χ1n) is 7.28. The van der Waals surface area contributed by atoms with Crippen LogP contribution in [0.25, 0.3) is 0 Å². The third kappa shape index (κ3) is 4.58. The molecule has 1 aliphatic rings. The number of carbonyl (C=O) groups is 1. The van der Waals surface area contributed by atoms with Gasteiger partial charge in [-0.05, 0) is 39.7 Å². The fraction of sp³-hybridized carbons (Fsp3) is 0.929. The second-order valence-corrected chi connectivity index (χ2v) is 5.80. The number of nitrogens with zero attached hydrogens (tertiary/aromatic N) is 1. The van der Waals surface area contributed by atoms with E-state index in [1.54, 1.807) is 0 Å².